The maximum absolute atomic E-state index is 3.50. The Hall–Kier alpha value is -1.06. The molecule has 0 aliphatic rings. The molecule has 1 aromatic rings. The molecule has 0 unspecified atom stereocenters. The fourth-order valence-electron chi connectivity index (χ4n) is 1.81. The van der Waals surface area contributed by atoms with E-state index in [0.717, 1.165) is 19.6 Å². The topological polar surface area (TPSA) is 27.3 Å². The molecule has 0 amide bonds. The largest absolute Gasteiger partial charge is 0.384 e. The van der Waals surface area contributed by atoms with Crippen LogP contribution in [0.15, 0.2) is 24.3 Å². The van der Waals surface area contributed by atoms with Gasteiger partial charge in [-0.05, 0) is 46.5 Å². The summed E-state index contributed by atoms with van der Waals surface area (Å²) in [5.41, 5.74) is 2.77. The second-order valence-corrected chi connectivity index (χ2v) is 6.00. The minimum absolute atomic E-state index is 0.185. The molecule has 0 radical (unpaired) electrons. The number of benzene rings is 1. The van der Waals surface area contributed by atoms with Gasteiger partial charge in [-0.2, -0.15) is 0 Å². The molecule has 0 saturated heterocycles. The van der Waals surface area contributed by atoms with Gasteiger partial charge in [0.05, 0.1) is 0 Å². The van der Waals surface area contributed by atoms with Crippen LogP contribution in [-0.4, -0.2) is 37.6 Å². The zero-order valence-electron chi connectivity index (χ0n) is 12.4. The average molecular weight is 249 g/mol. The zero-order chi connectivity index (χ0) is 13.6. The number of para-hydroxylation sites is 1. The van der Waals surface area contributed by atoms with Crippen LogP contribution in [0.1, 0.15) is 26.3 Å². The Kier molecular flexibility index (Phi) is 5.63. The molecular weight excluding hydrogens is 222 g/mol. The van der Waals surface area contributed by atoms with Crippen molar-refractivity contribution in [3.63, 3.8) is 0 Å². The summed E-state index contributed by atoms with van der Waals surface area (Å²) in [6.45, 7) is 9.45. The highest BCUT2D eigenvalue weighted by Crippen LogP contribution is 2.15. The molecule has 2 N–H and O–H groups in total. The van der Waals surface area contributed by atoms with Gasteiger partial charge in [0.2, 0.25) is 0 Å². The number of hydrogen-bond donors (Lipinski definition) is 2. The van der Waals surface area contributed by atoms with Crippen LogP contribution in [0.2, 0.25) is 0 Å². The SMILES string of the molecule is CN(C)Cc1ccccc1NCCNC(C)(C)C. The predicted octanol–water partition coefficient (Wildman–Crippen LogP) is 2.55. The number of anilines is 1. The molecule has 0 aromatic heterocycles. The summed E-state index contributed by atoms with van der Waals surface area (Å²) in [5, 5.41) is 6.98. The Bertz CT molecular complexity index is 353. The fraction of sp³-hybridized carbons (Fsp3) is 0.600. The summed E-state index contributed by atoms with van der Waals surface area (Å²) in [7, 11) is 4.19. The normalized spacial score (nSPS) is 11.9. The first kappa shape index (κ1) is 15.0. The maximum atomic E-state index is 3.50. The standard InChI is InChI=1S/C15H27N3/c1-15(2,3)17-11-10-16-14-9-7-6-8-13(14)12-18(4)5/h6-9,16-17H,10-12H2,1-5H3. The molecule has 3 heteroatoms. The summed E-state index contributed by atoms with van der Waals surface area (Å²) in [6, 6.07) is 8.51. The third-order valence-electron chi connectivity index (χ3n) is 2.60. The van der Waals surface area contributed by atoms with E-state index in [2.05, 4.69) is 74.7 Å². The van der Waals surface area contributed by atoms with Crippen molar-refractivity contribution in [2.24, 2.45) is 0 Å². The lowest BCUT2D eigenvalue weighted by Gasteiger charge is -2.21. The summed E-state index contributed by atoms with van der Waals surface area (Å²) in [4.78, 5) is 2.19. The first-order valence-corrected chi connectivity index (χ1v) is 6.60. The summed E-state index contributed by atoms with van der Waals surface area (Å²) in [6.07, 6.45) is 0. The first-order valence-electron chi connectivity index (χ1n) is 6.60. The second kappa shape index (κ2) is 6.76. The molecule has 1 rings (SSSR count). The van der Waals surface area contributed by atoms with E-state index in [0.29, 0.717) is 0 Å². The molecule has 102 valence electrons. The van der Waals surface area contributed by atoms with Gasteiger partial charge in [-0.15, -0.1) is 0 Å². The van der Waals surface area contributed by atoms with Crippen LogP contribution < -0.4 is 10.6 Å². The van der Waals surface area contributed by atoms with Crippen molar-refractivity contribution >= 4 is 5.69 Å². The molecule has 0 fully saturated rings. The minimum Gasteiger partial charge on any atom is -0.384 e. The minimum atomic E-state index is 0.185. The average Bonchev–Trinajstić information content (AvgIpc) is 2.24. The number of hydrogen-bond acceptors (Lipinski definition) is 3. The van der Waals surface area contributed by atoms with Gasteiger partial charge >= 0.3 is 0 Å². The summed E-state index contributed by atoms with van der Waals surface area (Å²) in [5.74, 6) is 0. The molecule has 0 heterocycles. The van der Waals surface area contributed by atoms with Crippen LogP contribution in [0.5, 0.6) is 0 Å². The molecule has 0 spiro atoms. The predicted molar refractivity (Wildman–Crippen MR) is 80.1 cm³/mol. The Labute approximate surface area is 112 Å². The maximum Gasteiger partial charge on any atom is 0.0386 e. The molecule has 0 aliphatic heterocycles. The van der Waals surface area contributed by atoms with Gasteiger partial charge in [-0.25, -0.2) is 0 Å². The van der Waals surface area contributed by atoms with Crippen LogP contribution in [0.4, 0.5) is 5.69 Å². The van der Waals surface area contributed by atoms with Gasteiger partial charge in [0.15, 0.2) is 0 Å². The highest BCUT2D eigenvalue weighted by molar-refractivity contribution is 5.51. The van der Waals surface area contributed by atoms with Crippen molar-refractivity contribution in [2.75, 3.05) is 32.5 Å². The van der Waals surface area contributed by atoms with E-state index in [-0.39, 0.29) is 5.54 Å². The molecule has 0 atom stereocenters. The van der Waals surface area contributed by atoms with Crippen LogP contribution in [0, 0.1) is 0 Å². The van der Waals surface area contributed by atoms with Crippen molar-refractivity contribution in [3.8, 4) is 0 Å². The van der Waals surface area contributed by atoms with E-state index in [4.69, 9.17) is 0 Å². The smallest absolute Gasteiger partial charge is 0.0386 e. The molecule has 0 bridgehead atoms. The lowest BCUT2D eigenvalue weighted by Crippen LogP contribution is -2.38. The lowest BCUT2D eigenvalue weighted by atomic mass is 10.1. The molecule has 18 heavy (non-hydrogen) atoms. The van der Waals surface area contributed by atoms with Crippen molar-refractivity contribution in [1.82, 2.24) is 10.2 Å². The number of rotatable bonds is 6. The van der Waals surface area contributed by atoms with Crippen molar-refractivity contribution in [3.05, 3.63) is 29.8 Å². The van der Waals surface area contributed by atoms with Crippen molar-refractivity contribution in [1.29, 1.82) is 0 Å². The molecular formula is C15H27N3. The monoisotopic (exact) mass is 249 g/mol. The summed E-state index contributed by atoms with van der Waals surface area (Å²) < 4.78 is 0. The zero-order valence-corrected chi connectivity index (χ0v) is 12.4. The van der Waals surface area contributed by atoms with Crippen LogP contribution in [0.25, 0.3) is 0 Å². The number of nitrogens with zero attached hydrogens (tertiary/aromatic N) is 1. The van der Waals surface area contributed by atoms with E-state index in [1.54, 1.807) is 0 Å². The molecule has 1 aromatic carbocycles. The third kappa shape index (κ3) is 6.03. The van der Waals surface area contributed by atoms with Crippen LogP contribution in [-0.2, 0) is 6.54 Å². The van der Waals surface area contributed by atoms with Gasteiger partial charge in [0, 0.05) is 30.9 Å². The van der Waals surface area contributed by atoms with E-state index in [1.165, 1.54) is 11.3 Å². The first-order chi connectivity index (χ1) is 8.38. The quantitative estimate of drug-likeness (QED) is 0.759. The highest BCUT2D eigenvalue weighted by atomic mass is 15.1. The third-order valence-corrected chi connectivity index (χ3v) is 2.60. The van der Waals surface area contributed by atoms with Gasteiger partial charge < -0.3 is 15.5 Å². The van der Waals surface area contributed by atoms with Gasteiger partial charge in [-0.1, -0.05) is 18.2 Å². The summed E-state index contributed by atoms with van der Waals surface area (Å²) >= 11 is 0. The van der Waals surface area contributed by atoms with E-state index in [1.807, 2.05) is 0 Å². The van der Waals surface area contributed by atoms with Gasteiger partial charge in [0.25, 0.3) is 0 Å². The Morgan fingerprint density at radius 3 is 2.33 bits per heavy atom. The second-order valence-electron chi connectivity index (χ2n) is 6.00. The number of nitrogens with one attached hydrogen (secondary N) is 2. The molecule has 0 aliphatic carbocycles. The lowest BCUT2D eigenvalue weighted by molar-refractivity contribution is 0.403. The van der Waals surface area contributed by atoms with Gasteiger partial charge in [0.1, 0.15) is 0 Å². The van der Waals surface area contributed by atoms with E-state index in [9.17, 15) is 0 Å². The van der Waals surface area contributed by atoms with E-state index >= 15 is 0 Å². The Morgan fingerprint density at radius 1 is 1.06 bits per heavy atom. The van der Waals surface area contributed by atoms with Crippen molar-refractivity contribution in [2.45, 2.75) is 32.9 Å². The molecule has 3 nitrogen and oxygen atoms in total. The highest BCUT2D eigenvalue weighted by Gasteiger charge is 2.07. The van der Waals surface area contributed by atoms with Crippen molar-refractivity contribution < 1.29 is 0 Å². The fourth-order valence-corrected chi connectivity index (χ4v) is 1.81. The van der Waals surface area contributed by atoms with Crippen LogP contribution in [0.3, 0.4) is 0 Å². The Morgan fingerprint density at radius 2 is 1.72 bits per heavy atom. The van der Waals surface area contributed by atoms with Gasteiger partial charge in [-0.3, -0.25) is 0 Å². The Balaban J connectivity index is 2.46. The molecule has 0 saturated carbocycles. The van der Waals surface area contributed by atoms with E-state index < -0.39 is 0 Å². The van der Waals surface area contributed by atoms with Crippen LogP contribution >= 0.6 is 0 Å².